The quantitative estimate of drug-likeness (QED) is 0.696. The maximum absolute atomic E-state index is 11.8. The number of phenolic OH excluding ortho intramolecular Hbond substituents is 1. The molecule has 0 radical (unpaired) electrons. The summed E-state index contributed by atoms with van der Waals surface area (Å²) >= 11 is 0. The van der Waals surface area contributed by atoms with E-state index >= 15 is 0 Å². The molecule has 130 valence electrons. The molecule has 1 aromatic heterocycles. The Balaban J connectivity index is 1.86. The molecule has 3 rings (SSSR count). The van der Waals surface area contributed by atoms with E-state index in [9.17, 15) is 9.90 Å². The van der Waals surface area contributed by atoms with Crippen molar-refractivity contribution in [2.24, 2.45) is 0 Å². The summed E-state index contributed by atoms with van der Waals surface area (Å²) in [7, 11) is 1.65. The number of rotatable bonds is 6. The van der Waals surface area contributed by atoms with Gasteiger partial charge in [0.2, 0.25) is 0 Å². The lowest BCUT2D eigenvalue weighted by Crippen LogP contribution is -2.23. The Morgan fingerprint density at radius 2 is 1.84 bits per heavy atom. The number of aromatic hydroxyl groups is 1. The van der Waals surface area contributed by atoms with Crippen LogP contribution >= 0.6 is 0 Å². The minimum absolute atomic E-state index is 0.0818. The maximum atomic E-state index is 11.8. The standard InChI is InChI=1S/C20H21NO4/c1-3-21(12-14-4-7-17(24-2)8-5-14)13-15-10-20(23)25-19-11-16(22)6-9-18(15)19/h4-11,22H,3,12-13H2,1-2H3. The van der Waals surface area contributed by atoms with Gasteiger partial charge in [0.15, 0.2) is 0 Å². The van der Waals surface area contributed by atoms with E-state index in [0.717, 1.165) is 29.8 Å². The molecule has 3 aromatic rings. The van der Waals surface area contributed by atoms with Gasteiger partial charge in [-0.2, -0.15) is 0 Å². The van der Waals surface area contributed by atoms with Crippen LogP contribution < -0.4 is 10.4 Å². The molecule has 0 saturated carbocycles. The van der Waals surface area contributed by atoms with Gasteiger partial charge in [0.25, 0.3) is 0 Å². The molecule has 0 aliphatic carbocycles. The first-order valence-electron chi connectivity index (χ1n) is 8.20. The summed E-state index contributed by atoms with van der Waals surface area (Å²) in [6.45, 7) is 4.31. The van der Waals surface area contributed by atoms with E-state index in [-0.39, 0.29) is 5.75 Å². The van der Waals surface area contributed by atoms with Gasteiger partial charge in [-0.15, -0.1) is 0 Å². The van der Waals surface area contributed by atoms with E-state index in [1.807, 2.05) is 24.3 Å². The first-order chi connectivity index (χ1) is 12.1. The predicted molar refractivity (Wildman–Crippen MR) is 96.9 cm³/mol. The van der Waals surface area contributed by atoms with Crippen molar-refractivity contribution in [3.05, 3.63) is 70.1 Å². The molecule has 1 N–H and O–H groups in total. The van der Waals surface area contributed by atoms with Gasteiger partial charge in [-0.05, 0) is 41.9 Å². The Kier molecular flexibility index (Phi) is 5.05. The van der Waals surface area contributed by atoms with Crippen molar-refractivity contribution in [1.29, 1.82) is 0 Å². The third-order valence-corrected chi connectivity index (χ3v) is 4.22. The molecular formula is C20H21NO4. The summed E-state index contributed by atoms with van der Waals surface area (Å²) < 4.78 is 10.4. The highest BCUT2D eigenvalue weighted by Crippen LogP contribution is 2.23. The Morgan fingerprint density at radius 1 is 1.08 bits per heavy atom. The monoisotopic (exact) mass is 339 g/mol. The molecule has 5 heteroatoms. The van der Waals surface area contributed by atoms with Gasteiger partial charge < -0.3 is 14.3 Å². The fourth-order valence-corrected chi connectivity index (χ4v) is 2.86. The second-order valence-electron chi connectivity index (χ2n) is 5.92. The molecule has 0 aliphatic heterocycles. The van der Waals surface area contributed by atoms with Crippen LogP contribution in [-0.4, -0.2) is 23.7 Å². The minimum Gasteiger partial charge on any atom is -0.508 e. The van der Waals surface area contributed by atoms with E-state index in [2.05, 4.69) is 11.8 Å². The van der Waals surface area contributed by atoms with Crippen LogP contribution in [0.3, 0.4) is 0 Å². The van der Waals surface area contributed by atoms with Crippen molar-refractivity contribution >= 4 is 11.0 Å². The first kappa shape index (κ1) is 17.0. The highest BCUT2D eigenvalue weighted by atomic mass is 16.5. The summed E-state index contributed by atoms with van der Waals surface area (Å²) in [4.78, 5) is 14.1. The van der Waals surface area contributed by atoms with E-state index < -0.39 is 5.63 Å². The molecule has 25 heavy (non-hydrogen) atoms. The van der Waals surface area contributed by atoms with Crippen molar-refractivity contribution in [3.63, 3.8) is 0 Å². The molecule has 2 aromatic carbocycles. The predicted octanol–water partition coefficient (Wildman–Crippen LogP) is 3.53. The molecule has 5 nitrogen and oxygen atoms in total. The minimum atomic E-state index is -0.409. The average molecular weight is 339 g/mol. The van der Waals surface area contributed by atoms with Crippen LogP contribution in [0.25, 0.3) is 11.0 Å². The molecular weight excluding hydrogens is 318 g/mol. The number of fused-ring (bicyclic) bond motifs is 1. The van der Waals surface area contributed by atoms with Crippen molar-refractivity contribution in [1.82, 2.24) is 4.90 Å². The van der Waals surface area contributed by atoms with Gasteiger partial charge in [-0.3, -0.25) is 4.90 Å². The Hall–Kier alpha value is -2.79. The van der Waals surface area contributed by atoms with E-state index in [1.54, 1.807) is 19.2 Å². The largest absolute Gasteiger partial charge is 0.508 e. The molecule has 0 saturated heterocycles. The van der Waals surface area contributed by atoms with Crippen LogP contribution in [0.5, 0.6) is 11.5 Å². The number of hydrogen-bond acceptors (Lipinski definition) is 5. The molecule has 0 spiro atoms. The number of hydrogen-bond donors (Lipinski definition) is 1. The number of methoxy groups -OCH3 is 1. The van der Waals surface area contributed by atoms with Crippen molar-refractivity contribution in [3.8, 4) is 11.5 Å². The Bertz CT molecular complexity index is 915. The number of benzene rings is 2. The topological polar surface area (TPSA) is 62.9 Å². The van der Waals surface area contributed by atoms with Gasteiger partial charge in [-0.1, -0.05) is 19.1 Å². The lowest BCUT2D eigenvalue weighted by Gasteiger charge is -2.21. The van der Waals surface area contributed by atoms with Crippen molar-refractivity contribution in [2.75, 3.05) is 13.7 Å². The van der Waals surface area contributed by atoms with Gasteiger partial charge in [0.05, 0.1) is 7.11 Å². The van der Waals surface area contributed by atoms with Gasteiger partial charge in [0.1, 0.15) is 17.1 Å². The van der Waals surface area contributed by atoms with Gasteiger partial charge in [-0.25, -0.2) is 4.79 Å². The van der Waals surface area contributed by atoms with Crippen LogP contribution in [0.2, 0.25) is 0 Å². The van der Waals surface area contributed by atoms with Crippen molar-refractivity contribution in [2.45, 2.75) is 20.0 Å². The summed E-state index contributed by atoms with van der Waals surface area (Å²) in [5, 5.41) is 10.4. The highest BCUT2D eigenvalue weighted by molar-refractivity contribution is 5.81. The van der Waals surface area contributed by atoms with Gasteiger partial charge >= 0.3 is 5.63 Å². The smallest absolute Gasteiger partial charge is 0.336 e. The molecule has 1 heterocycles. The first-order valence-corrected chi connectivity index (χ1v) is 8.20. The molecule has 0 amide bonds. The molecule has 0 aliphatic rings. The highest BCUT2D eigenvalue weighted by Gasteiger charge is 2.11. The molecule has 0 fully saturated rings. The fraction of sp³-hybridized carbons (Fsp3) is 0.250. The summed E-state index contributed by atoms with van der Waals surface area (Å²) in [5.41, 5.74) is 2.06. The van der Waals surface area contributed by atoms with E-state index in [1.165, 1.54) is 17.7 Å². The summed E-state index contributed by atoms with van der Waals surface area (Å²) in [6, 6.07) is 14.3. The van der Waals surface area contributed by atoms with Crippen molar-refractivity contribution < 1.29 is 14.3 Å². The third kappa shape index (κ3) is 4.00. The Labute approximate surface area is 146 Å². The molecule has 0 unspecified atom stereocenters. The van der Waals surface area contributed by atoms with Crippen LogP contribution in [0.15, 0.2) is 57.7 Å². The summed E-state index contributed by atoms with van der Waals surface area (Å²) in [5.74, 6) is 0.914. The summed E-state index contributed by atoms with van der Waals surface area (Å²) in [6.07, 6.45) is 0. The zero-order chi connectivity index (χ0) is 17.8. The molecule has 0 bridgehead atoms. The van der Waals surface area contributed by atoms with Crippen LogP contribution in [-0.2, 0) is 13.1 Å². The normalized spacial score (nSPS) is 11.2. The zero-order valence-corrected chi connectivity index (χ0v) is 14.4. The SMILES string of the molecule is CCN(Cc1ccc(OC)cc1)Cc1cc(=O)oc2cc(O)ccc12. The second kappa shape index (κ2) is 7.40. The van der Waals surface area contributed by atoms with E-state index in [4.69, 9.17) is 9.15 Å². The number of nitrogens with zero attached hydrogens (tertiary/aromatic N) is 1. The lowest BCUT2D eigenvalue weighted by atomic mass is 10.1. The van der Waals surface area contributed by atoms with Crippen LogP contribution in [0, 0.1) is 0 Å². The second-order valence-corrected chi connectivity index (χ2v) is 5.92. The Morgan fingerprint density at radius 3 is 2.52 bits per heavy atom. The number of ether oxygens (including phenoxy) is 1. The fourth-order valence-electron chi connectivity index (χ4n) is 2.86. The maximum Gasteiger partial charge on any atom is 0.336 e. The van der Waals surface area contributed by atoms with Crippen LogP contribution in [0.1, 0.15) is 18.1 Å². The molecule has 0 atom stereocenters. The van der Waals surface area contributed by atoms with Gasteiger partial charge in [0, 0.05) is 30.6 Å². The third-order valence-electron chi connectivity index (χ3n) is 4.22. The van der Waals surface area contributed by atoms with Crippen LogP contribution in [0.4, 0.5) is 0 Å². The lowest BCUT2D eigenvalue weighted by molar-refractivity contribution is 0.271. The van der Waals surface area contributed by atoms with E-state index in [0.29, 0.717) is 12.1 Å². The zero-order valence-electron chi connectivity index (χ0n) is 14.4. The number of phenols is 1. The average Bonchev–Trinajstić information content (AvgIpc) is 2.61.